The van der Waals surface area contributed by atoms with Crippen LogP contribution >= 0.6 is 0 Å². The molecule has 1 aromatic rings. The van der Waals surface area contributed by atoms with Crippen molar-refractivity contribution in [2.45, 2.75) is 25.6 Å². The van der Waals surface area contributed by atoms with Gasteiger partial charge in [-0.05, 0) is 32.0 Å². The number of hydrogen-bond acceptors (Lipinski definition) is 4. The van der Waals surface area contributed by atoms with E-state index < -0.39 is 5.79 Å². The Labute approximate surface area is 154 Å². The van der Waals surface area contributed by atoms with Crippen LogP contribution in [0.25, 0.3) is 0 Å². The van der Waals surface area contributed by atoms with Crippen molar-refractivity contribution in [3.05, 3.63) is 35.6 Å². The van der Waals surface area contributed by atoms with Gasteiger partial charge in [-0.1, -0.05) is 12.1 Å². The standard InChI is InChI=1S/C19H28FN3O3/c1-2-21-18(24)23-12-10-22(11-13-23)9-3-8-19(25-14-15-26-19)16-4-6-17(20)7-5-16/h4-7H,2-3,8-15H2,1H3,(H,21,24). The van der Waals surface area contributed by atoms with Gasteiger partial charge in [0.05, 0.1) is 13.2 Å². The number of carbonyl (C=O) groups excluding carboxylic acids is 1. The summed E-state index contributed by atoms with van der Waals surface area (Å²) in [5.74, 6) is -1.01. The molecule has 2 aliphatic heterocycles. The van der Waals surface area contributed by atoms with Crippen molar-refractivity contribution in [3.8, 4) is 0 Å². The van der Waals surface area contributed by atoms with Gasteiger partial charge < -0.3 is 19.7 Å². The van der Waals surface area contributed by atoms with Gasteiger partial charge >= 0.3 is 6.03 Å². The van der Waals surface area contributed by atoms with Crippen LogP contribution in [0.4, 0.5) is 9.18 Å². The van der Waals surface area contributed by atoms with Crippen LogP contribution in [-0.4, -0.2) is 68.3 Å². The molecular formula is C19H28FN3O3. The molecule has 0 unspecified atom stereocenters. The summed E-state index contributed by atoms with van der Waals surface area (Å²) >= 11 is 0. The first-order valence-corrected chi connectivity index (χ1v) is 9.42. The van der Waals surface area contributed by atoms with Crippen LogP contribution < -0.4 is 5.32 Å². The number of benzene rings is 1. The predicted molar refractivity (Wildman–Crippen MR) is 96.3 cm³/mol. The lowest BCUT2D eigenvalue weighted by Gasteiger charge is -2.35. The fraction of sp³-hybridized carbons (Fsp3) is 0.632. The predicted octanol–water partition coefficient (Wildman–Crippen LogP) is 2.15. The Morgan fingerprint density at radius 2 is 1.81 bits per heavy atom. The van der Waals surface area contributed by atoms with Crippen LogP contribution in [0.2, 0.25) is 0 Å². The molecule has 0 spiro atoms. The second-order valence-electron chi connectivity index (χ2n) is 6.72. The van der Waals surface area contributed by atoms with Crippen LogP contribution in [0.5, 0.6) is 0 Å². The molecule has 0 saturated carbocycles. The van der Waals surface area contributed by atoms with Crippen molar-refractivity contribution in [1.29, 1.82) is 0 Å². The Kier molecular flexibility index (Phi) is 6.45. The maximum absolute atomic E-state index is 13.2. The lowest BCUT2D eigenvalue weighted by Crippen LogP contribution is -2.51. The number of hydrogen-bond donors (Lipinski definition) is 1. The molecule has 26 heavy (non-hydrogen) atoms. The summed E-state index contributed by atoms with van der Waals surface area (Å²) in [4.78, 5) is 16.1. The van der Waals surface area contributed by atoms with Crippen LogP contribution in [0.3, 0.4) is 0 Å². The van der Waals surface area contributed by atoms with Gasteiger partial charge in [-0.25, -0.2) is 9.18 Å². The molecule has 0 radical (unpaired) electrons. The summed E-state index contributed by atoms with van der Waals surface area (Å²) in [5.41, 5.74) is 0.873. The molecule has 2 fully saturated rings. The van der Waals surface area contributed by atoms with Gasteiger partial charge in [0.2, 0.25) is 0 Å². The monoisotopic (exact) mass is 365 g/mol. The van der Waals surface area contributed by atoms with E-state index >= 15 is 0 Å². The van der Waals surface area contributed by atoms with E-state index in [0.717, 1.165) is 51.1 Å². The number of halogens is 1. The molecule has 0 bridgehead atoms. The Bertz CT molecular complexity index is 582. The highest BCUT2D eigenvalue weighted by Crippen LogP contribution is 2.36. The third-order valence-electron chi connectivity index (χ3n) is 5.01. The smallest absolute Gasteiger partial charge is 0.317 e. The average Bonchev–Trinajstić information content (AvgIpc) is 3.13. The van der Waals surface area contributed by atoms with E-state index in [1.807, 2.05) is 11.8 Å². The largest absolute Gasteiger partial charge is 0.343 e. The Hall–Kier alpha value is -1.70. The molecule has 2 aliphatic rings. The van der Waals surface area contributed by atoms with Crippen molar-refractivity contribution in [2.24, 2.45) is 0 Å². The molecule has 2 heterocycles. The van der Waals surface area contributed by atoms with Crippen molar-refractivity contribution in [2.75, 3.05) is 52.5 Å². The fourth-order valence-electron chi connectivity index (χ4n) is 3.59. The SMILES string of the molecule is CCNC(=O)N1CCN(CCCC2(c3ccc(F)cc3)OCCO2)CC1. The molecule has 0 aromatic heterocycles. The molecular weight excluding hydrogens is 337 g/mol. The van der Waals surface area contributed by atoms with Crippen molar-refractivity contribution < 1.29 is 18.7 Å². The van der Waals surface area contributed by atoms with Gasteiger partial charge in [0.15, 0.2) is 5.79 Å². The summed E-state index contributed by atoms with van der Waals surface area (Å²) in [7, 11) is 0. The van der Waals surface area contributed by atoms with Gasteiger partial charge in [-0.3, -0.25) is 4.90 Å². The van der Waals surface area contributed by atoms with E-state index in [1.165, 1.54) is 12.1 Å². The molecule has 0 atom stereocenters. The lowest BCUT2D eigenvalue weighted by molar-refractivity contribution is -0.172. The molecule has 6 nitrogen and oxygen atoms in total. The highest BCUT2D eigenvalue weighted by molar-refractivity contribution is 5.74. The summed E-state index contributed by atoms with van der Waals surface area (Å²) < 4.78 is 25.0. The topological polar surface area (TPSA) is 54.0 Å². The Morgan fingerprint density at radius 1 is 1.15 bits per heavy atom. The number of amides is 2. The highest BCUT2D eigenvalue weighted by Gasteiger charge is 2.38. The summed E-state index contributed by atoms with van der Waals surface area (Å²) in [5, 5.41) is 2.85. The minimum atomic E-state index is -0.753. The molecule has 7 heteroatoms. The number of ether oxygens (including phenoxy) is 2. The van der Waals surface area contributed by atoms with Crippen molar-refractivity contribution >= 4 is 6.03 Å². The van der Waals surface area contributed by atoms with E-state index in [1.54, 1.807) is 12.1 Å². The summed E-state index contributed by atoms with van der Waals surface area (Å²) in [6, 6.07) is 6.40. The number of carbonyl (C=O) groups is 1. The van der Waals surface area contributed by atoms with Crippen LogP contribution in [0, 0.1) is 5.82 Å². The van der Waals surface area contributed by atoms with Crippen LogP contribution in [-0.2, 0) is 15.3 Å². The third kappa shape index (κ3) is 4.52. The normalized spacial score (nSPS) is 20.3. The lowest BCUT2D eigenvalue weighted by atomic mass is 10.00. The second-order valence-corrected chi connectivity index (χ2v) is 6.72. The molecule has 2 saturated heterocycles. The van der Waals surface area contributed by atoms with E-state index in [0.29, 0.717) is 19.8 Å². The van der Waals surface area contributed by atoms with Gasteiger partial charge in [-0.15, -0.1) is 0 Å². The van der Waals surface area contributed by atoms with E-state index in [4.69, 9.17) is 9.47 Å². The van der Waals surface area contributed by atoms with Crippen molar-refractivity contribution in [3.63, 3.8) is 0 Å². The number of rotatable bonds is 6. The van der Waals surface area contributed by atoms with Crippen LogP contribution in [0.1, 0.15) is 25.3 Å². The maximum Gasteiger partial charge on any atom is 0.317 e. The zero-order valence-electron chi connectivity index (χ0n) is 15.4. The zero-order chi connectivity index (χ0) is 18.4. The van der Waals surface area contributed by atoms with E-state index in [-0.39, 0.29) is 11.8 Å². The molecule has 3 rings (SSSR count). The molecule has 2 amide bonds. The molecule has 144 valence electrons. The van der Waals surface area contributed by atoms with E-state index in [2.05, 4.69) is 10.2 Å². The molecule has 0 aliphatic carbocycles. The number of nitrogens with zero attached hydrogens (tertiary/aromatic N) is 2. The fourth-order valence-corrected chi connectivity index (χ4v) is 3.59. The Morgan fingerprint density at radius 3 is 2.42 bits per heavy atom. The van der Waals surface area contributed by atoms with Crippen LogP contribution in [0.15, 0.2) is 24.3 Å². The zero-order valence-corrected chi connectivity index (χ0v) is 15.4. The quantitative estimate of drug-likeness (QED) is 0.839. The first-order chi connectivity index (χ1) is 12.6. The van der Waals surface area contributed by atoms with Gasteiger partial charge in [-0.2, -0.15) is 0 Å². The van der Waals surface area contributed by atoms with Gasteiger partial charge in [0, 0.05) is 44.7 Å². The highest BCUT2D eigenvalue weighted by atomic mass is 19.1. The minimum Gasteiger partial charge on any atom is -0.343 e. The number of urea groups is 1. The summed E-state index contributed by atoms with van der Waals surface area (Å²) in [6.07, 6.45) is 1.65. The second kappa shape index (κ2) is 8.79. The van der Waals surface area contributed by atoms with Gasteiger partial charge in [0.25, 0.3) is 0 Å². The maximum atomic E-state index is 13.2. The average molecular weight is 365 g/mol. The molecule has 1 N–H and O–H groups in total. The summed E-state index contributed by atoms with van der Waals surface area (Å²) in [6.45, 7) is 7.89. The first kappa shape index (κ1) is 19.1. The van der Waals surface area contributed by atoms with Crippen molar-refractivity contribution in [1.82, 2.24) is 15.1 Å². The van der Waals surface area contributed by atoms with Gasteiger partial charge in [0.1, 0.15) is 5.82 Å². The van der Waals surface area contributed by atoms with E-state index in [9.17, 15) is 9.18 Å². The molecule has 1 aromatic carbocycles. The number of piperazine rings is 1. The third-order valence-corrected chi connectivity index (χ3v) is 5.01. The number of nitrogens with one attached hydrogen (secondary N) is 1. The first-order valence-electron chi connectivity index (χ1n) is 9.42. The Balaban J connectivity index is 1.48. The minimum absolute atomic E-state index is 0.0233.